The van der Waals surface area contributed by atoms with Crippen molar-refractivity contribution in [3.05, 3.63) is 70.0 Å². The molecule has 21 heavy (non-hydrogen) atoms. The highest BCUT2D eigenvalue weighted by Gasteiger charge is 2.20. The quantitative estimate of drug-likeness (QED) is 0.876. The molecule has 0 atom stereocenters. The minimum absolute atomic E-state index is 0.342. The molecule has 0 saturated carbocycles. The number of carboxylic acids is 1. The van der Waals surface area contributed by atoms with Crippen LogP contribution in [-0.4, -0.2) is 16.1 Å². The Morgan fingerprint density at radius 1 is 1.29 bits per heavy atom. The SMILES string of the molecule is C#Cc1ccc(CC2=Cc3nccc(C(=O)O)c3C2)cc1. The molecule has 0 saturated heterocycles. The second kappa shape index (κ2) is 5.26. The zero-order valence-electron chi connectivity index (χ0n) is 11.3. The smallest absolute Gasteiger partial charge is 0.336 e. The van der Waals surface area contributed by atoms with Gasteiger partial charge in [-0.2, -0.15) is 0 Å². The van der Waals surface area contributed by atoms with Gasteiger partial charge < -0.3 is 5.11 Å². The van der Waals surface area contributed by atoms with Gasteiger partial charge in [0.2, 0.25) is 0 Å². The summed E-state index contributed by atoms with van der Waals surface area (Å²) in [6.07, 6.45) is 10.3. The average Bonchev–Trinajstić information content (AvgIpc) is 2.89. The van der Waals surface area contributed by atoms with Gasteiger partial charge in [-0.25, -0.2) is 4.79 Å². The van der Waals surface area contributed by atoms with Gasteiger partial charge in [0.15, 0.2) is 0 Å². The second-order valence-corrected chi connectivity index (χ2v) is 5.02. The van der Waals surface area contributed by atoms with Gasteiger partial charge in [-0.15, -0.1) is 6.42 Å². The molecule has 0 amide bonds. The summed E-state index contributed by atoms with van der Waals surface area (Å²) in [5, 5.41) is 9.21. The minimum Gasteiger partial charge on any atom is -0.478 e. The number of carbonyl (C=O) groups is 1. The first-order valence-corrected chi connectivity index (χ1v) is 6.63. The number of hydrogen-bond acceptors (Lipinski definition) is 2. The monoisotopic (exact) mass is 275 g/mol. The van der Waals surface area contributed by atoms with E-state index in [1.807, 2.05) is 30.3 Å². The van der Waals surface area contributed by atoms with E-state index in [4.69, 9.17) is 6.42 Å². The number of allylic oxidation sites excluding steroid dienone is 1. The zero-order chi connectivity index (χ0) is 14.8. The predicted molar refractivity (Wildman–Crippen MR) is 81.0 cm³/mol. The fourth-order valence-electron chi connectivity index (χ4n) is 2.59. The van der Waals surface area contributed by atoms with Crippen LogP contribution in [0.5, 0.6) is 0 Å². The Labute approximate surface area is 123 Å². The third-order valence-electron chi connectivity index (χ3n) is 3.62. The lowest BCUT2D eigenvalue weighted by Gasteiger charge is -2.05. The molecule has 0 radical (unpaired) electrons. The molecule has 0 fully saturated rings. The summed E-state index contributed by atoms with van der Waals surface area (Å²) in [6.45, 7) is 0. The molecule has 1 N–H and O–H groups in total. The van der Waals surface area contributed by atoms with E-state index in [0.29, 0.717) is 12.0 Å². The summed E-state index contributed by atoms with van der Waals surface area (Å²) >= 11 is 0. The van der Waals surface area contributed by atoms with Gasteiger partial charge in [0.1, 0.15) is 0 Å². The largest absolute Gasteiger partial charge is 0.478 e. The van der Waals surface area contributed by atoms with Crippen LogP contribution in [0.15, 0.2) is 42.1 Å². The van der Waals surface area contributed by atoms with E-state index in [9.17, 15) is 9.90 Å². The molecule has 3 nitrogen and oxygen atoms in total. The summed E-state index contributed by atoms with van der Waals surface area (Å²) in [4.78, 5) is 15.5. The molecule has 0 bridgehead atoms. The normalized spacial score (nSPS) is 12.4. The van der Waals surface area contributed by atoms with Crippen LogP contribution in [0.3, 0.4) is 0 Å². The third-order valence-corrected chi connectivity index (χ3v) is 3.62. The molecule has 1 aromatic heterocycles. The van der Waals surface area contributed by atoms with Crippen LogP contribution >= 0.6 is 0 Å². The van der Waals surface area contributed by atoms with Crippen LogP contribution in [0.1, 0.15) is 32.7 Å². The lowest BCUT2D eigenvalue weighted by atomic mass is 10.0. The third kappa shape index (κ3) is 2.56. The maximum atomic E-state index is 11.2. The molecular weight excluding hydrogens is 262 g/mol. The van der Waals surface area contributed by atoms with Crippen molar-refractivity contribution >= 4 is 12.0 Å². The number of rotatable bonds is 3. The van der Waals surface area contributed by atoms with E-state index >= 15 is 0 Å². The Hall–Kier alpha value is -2.86. The van der Waals surface area contributed by atoms with Gasteiger partial charge in [0, 0.05) is 11.8 Å². The Morgan fingerprint density at radius 2 is 2.05 bits per heavy atom. The first-order valence-electron chi connectivity index (χ1n) is 6.63. The minimum atomic E-state index is -0.901. The Balaban J connectivity index is 1.82. The molecule has 0 unspecified atom stereocenters. The van der Waals surface area contributed by atoms with Gasteiger partial charge in [-0.05, 0) is 48.2 Å². The molecule has 1 aromatic carbocycles. The molecule has 1 aliphatic rings. The number of nitrogens with zero attached hydrogens (tertiary/aromatic N) is 1. The molecule has 1 aliphatic carbocycles. The topological polar surface area (TPSA) is 50.2 Å². The van der Waals surface area contributed by atoms with Gasteiger partial charge in [-0.3, -0.25) is 4.98 Å². The lowest BCUT2D eigenvalue weighted by Crippen LogP contribution is -2.03. The summed E-state index contributed by atoms with van der Waals surface area (Å²) < 4.78 is 0. The van der Waals surface area contributed by atoms with Gasteiger partial charge in [-0.1, -0.05) is 23.6 Å². The van der Waals surface area contributed by atoms with E-state index < -0.39 is 5.97 Å². The van der Waals surface area contributed by atoms with Crippen LogP contribution in [0.4, 0.5) is 0 Å². The summed E-state index contributed by atoms with van der Waals surface area (Å²) in [5.41, 5.74) is 5.10. The van der Waals surface area contributed by atoms with E-state index in [0.717, 1.165) is 28.8 Å². The number of terminal acetylenes is 1. The fraction of sp³-hybridized carbons (Fsp3) is 0.111. The number of aromatic carboxylic acids is 1. The lowest BCUT2D eigenvalue weighted by molar-refractivity contribution is 0.0695. The van der Waals surface area contributed by atoms with Crippen molar-refractivity contribution in [2.24, 2.45) is 0 Å². The number of aromatic nitrogens is 1. The maximum absolute atomic E-state index is 11.2. The number of benzene rings is 1. The molecule has 0 spiro atoms. The van der Waals surface area contributed by atoms with Gasteiger partial charge >= 0.3 is 5.97 Å². The first-order chi connectivity index (χ1) is 10.2. The van der Waals surface area contributed by atoms with E-state index in [2.05, 4.69) is 10.9 Å². The van der Waals surface area contributed by atoms with Crippen molar-refractivity contribution in [3.63, 3.8) is 0 Å². The fourth-order valence-corrected chi connectivity index (χ4v) is 2.59. The number of pyridine rings is 1. The molecular formula is C18H13NO2. The van der Waals surface area contributed by atoms with Crippen molar-refractivity contribution in [2.75, 3.05) is 0 Å². The van der Waals surface area contributed by atoms with Gasteiger partial charge in [0.05, 0.1) is 11.3 Å². The van der Waals surface area contributed by atoms with E-state index in [1.54, 1.807) is 12.3 Å². The zero-order valence-corrected chi connectivity index (χ0v) is 11.3. The second-order valence-electron chi connectivity index (χ2n) is 5.02. The van der Waals surface area contributed by atoms with Crippen molar-refractivity contribution in [3.8, 4) is 12.3 Å². The van der Waals surface area contributed by atoms with Gasteiger partial charge in [0.25, 0.3) is 0 Å². The summed E-state index contributed by atoms with van der Waals surface area (Å²) in [7, 11) is 0. The summed E-state index contributed by atoms with van der Waals surface area (Å²) in [5.74, 6) is 1.69. The van der Waals surface area contributed by atoms with Crippen LogP contribution in [0.25, 0.3) is 6.08 Å². The van der Waals surface area contributed by atoms with Crippen LogP contribution in [-0.2, 0) is 12.8 Å². The van der Waals surface area contributed by atoms with Crippen LogP contribution in [0, 0.1) is 12.3 Å². The average molecular weight is 275 g/mol. The molecule has 1 heterocycles. The molecule has 0 aliphatic heterocycles. The molecule has 3 rings (SSSR count). The van der Waals surface area contributed by atoms with Crippen molar-refractivity contribution in [2.45, 2.75) is 12.8 Å². The predicted octanol–water partition coefficient (Wildman–Crippen LogP) is 2.94. The summed E-state index contributed by atoms with van der Waals surface area (Å²) in [6, 6.07) is 9.40. The highest BCUT2D eigenvalue weighted by Crippen LogP contribution is 2.28. The molecule has 3 heteroatoms. The maximum Gasteiger partial charge on any atom is 0.336 e. The van der Waals surface area contributed by atoms with Crippen LogP contribution < -0.4 is 0 Å². The Kier molecular flexibility index (Phi) is 3.29. The number of hydrogen-bond donors (Lipinski definition) is 1. The molecule has 2 aromatic rings. The van der Waals surface area contributed by atoms with Crippen molar-refractivity contribution in [1.82, 2.24) is 4.98 Å². The van der Waals surface area contributed by atoms with E-state index in [1.165, 1.54) is 5.57 Å². The van der Waals surface area contributed by atoms with E-state index in [-0.39, 0.29) is 0 Å². The highest BCUT2D eigenvalue weighted by molar-refractivity contribution is 5.91. The molecule has 102 valence electrons. The highest BCUT2D eigenvalue weighted by atomic mass is 16.4. The van der Waals surface area contributed by atoms with Crippen LogP contribution in [0.2, 0.25) is 0 Å². The van der Waals surface area contributed by atoms with Crippen molar-refractivity contribution < 1.29 is 9.90 Å². The Bertz CT molecular complexity index is 780. The number of fused-ring (bicyclic) bond motifs is 1. The standard InChI is InChI=1S/C18H13NO2/c1-2-12-3-5-13(6-4-12)9-14-10-16-15(18(20)21)7-8-19-17(16)11-14/h1,3-8,11H,9-10H2,(H,20,21). The number of carboxylic acid groups (broad SMARTS) is 1. The Morgan fingerprint density at radius 3 is 2.71 bits per heavy atom. The first kappa shape index (κ1) is 13.1. The van der Waals surface area contributed by atoms with Crippen molar-refractivity contribution in [1.29, 1.82) is 0 Å².